The molecule has 0 aliphatic carbocycles. The number of nitrogens with zero attached hydrogens (tertiary/aromatic N) is 2. The monoisotopic (exact) mass is 255 g/mol. The third-order valence-electron chi connectivity index (χ3n) is 2.11. The molecule has 0 unspecified atom stereocenters. The minimum atomic E-state index is -0.912. The fraction of sp³-hybridized carbons (Fsp3) is 0.400. The third-order valence-corrected chi connectivity index (χ3v) is 2.11. The first kappa shape index (κ1) is 13.7. The zero-order chi connectivity index (χ0) is 13.5. The Morgan fingerprint density at radius 3 is 2.89 bits per heavy atom. The number of hydrogen-bond donors (Lipinski definition) is 2. The van der Waals surface area contributed by atoms with Crippen molar-refractivity contribution >= 4 is 17.5 Å². The number of nitrogens with one attached hydrogen (secondary N) is 1. The molecule has 0 radical (unpaired) electrons. The highest BCUT2D eigenvalue weighted by atomic mass is 16.6. The van der Waals surface area contributed by atoms with Crippen molar-refractivity contribution in [2.24, 2.45) is 0 Å². The SMILES string of the molecule is COc1ccc([N+](=O)[O-])c(NCCCC(=O)O)n1. The highest BCUT2D eigenvalue weighted by Gasteiger charge is 2.15. The molecular formula is C10H13N3O5. The summed E-state index contributed by atoms with van der Waals surface area (Å²) in [4.78, 5) is 24.4. The van der Waals surface area contributed by atoms with E-state index in [1.807, 2.05) is 0 Å². The van der Waals surface area contributed by atoms with Gasteiger partial charge in [-0.05, 0) is 6.42 Å². The number of carboxylic acid groups (broad SMARTS) is 1. The molecule has 0 aromatic carbocycles. The minimum Gasteiger partial charge on any atom is -0.481 e. The second kappa shape index (κ2) is 6.38. The molecule has 0 saturated heterocycles. The lowest BCUT2D eigenvalue weighted by atomic mass is 10.3. The van der Waals surface area contributed by atoms with Crippen LogP contribution >= 0.6 is 0 Å². The first-order valence-electron chi connectivity index (χ1n) is 5.19. The molecule has 0 spiro atoms. The van der Waals surface area contributed by atoms with Gasteiger partial charge in [-0.2, -0.15) is 4.98 Å². The molecule has 1 heterocycles. The van der Waals surface area contributed by atoms with Crippen LogP contribution in [0.4, 0.5) is 11.5 Å². The summed E-state index contributed by atoms with van der Waals surface area (Å²) >= 11 is 0. The summed E-state index contributed by atoms with van der Waals surface area (Å²) in [5.41, 5.74) is -0.175. The number of ether oxygens (including phenoxy) is 1. The van der Waals surface area contributed by atoms with Crippen LogP contribution in [0.15, 0.2) is 12.1 Å². The number of aromatic nitrogens is 1. The lowest BCUT2D eigenvalue weighted by Gasteiger charge is -2.06. The number of hydrogen-bond acceptors (Lipinski definition) is 6. The molecule has 18 heavy (non-hydrogen) atoms. The van der Waals surface area contributed by atoms with Crippen LogP contribution in [0, 0.1) is 10.1 Å². The number of methoxy groups -OCH3 is 1. The summed E-state index contributed by atoms with van der Waals surface area (Å²) in [7, 11) is 1.41. The normalized spacial score (nSPS) is 9.83. The van der Waals surface area contributed by atoms with Crippen LogP contribution < -0.4 is 10.1 Å². The van der Waals surface area contributed by atoms with E-state index in [0.29, 0.717) is 6.42 Å². The van der Waals surface area contributed by atoms with Gasteiger partial charge in [-0.25, -0.2) is 0 Å². The fourth-order valence-corrected chi connectivity index (χ4v) is 1.27. The molecule has 2 N–H and O–H groups in total. The van der Waals surface area contributed by atoms with Gasteiger partial charge in [0.25, 0.3) is 0 Å². The van der Waals surface area contributed by atoms with Gasteiger partial charge < -0.3 is 15.2 Å². The molecule has 1 aromatic heterocycles. The number of aliphatic carboxylic acids is 1. The highest BCUT2D eigenvalue weighted by Crippen LogP contribution is 2.24. The van der Waals surface area contributed by atoms with Crippen molar-refractivity contribution in [2.75, 3.05) is 19.0 Å². The lowest BCUT2D eigenvalue weighted by molar-refractivity contribution is -0.384. The van der Waals surface area contributed by atoms with Crippen LogP contribution in [0.5, 0.6) is 5.88 Å². The van der Waals surface area contributed by atoms with Crippen LogP contribution in [0.1, 0.15) is 12.8 Å². The van der Waals surface area contributed by atoms with Crippen LogP contribution in [-0.2, 0) is 4.79 Å². The van der Waals surface area contributed by atoms with Crippen molar-refractivity contribution in [3.8, 4) is 5.88 Å². The molecule has 0 bridgehead atoms. The first-order valence-corrected chi connectivity index (χ1v) is 5.19. The number of anilines is 1. The average Bonchev–Trinajstić information content (AvgIpc) is 2.33. The highest BCUT2D eigenvalue weighted by molar-refractivity contribution is 5.66. The predicted molar refractivity (Wildman–Crippen MR) is 62.8 cm³/mol. The Kier molecular flexibility index (Phi) is 4.85. The van der Waals surface area contributed by atoms with E-state index in [4.69, 9.17) is 9.84 Å². The van der Waals surface area contributed by atoms with Crippen molar-refractivity contribution in [2.45, 2.75) is 12.8 Å². The van der Waals surface area contributed by atoms with E-state index in [9.17, 15) is 14.9 Å². The quantitative estimate of drug-likeness (QED) is 0.428. The lowest BCUT2D eigenvalue weighted by Crippen LogP contribution is -2.08. The Morgan fingerprint density at radius 1 is 1.61 bits per heavy atom. The minimum absolute atomic E-state index is 0.00916. The molecule has 0 amide bonds. The van der Waals surface area contributed by atoms with E-state index in [1.165, 1.54) is 19.2 Å². The largest absolute Gasteiger partial charge is 0.481 e. The Hall–Kier alpha value is -2.38. The Morgan fingerprint density at radius 2 is 2.33 bits per heavy atom. The number of rotatable bonds is 7. The van der Waals surface area contributed by atoms with E-state index in [-0.39, 0.29) is 30.4 Å². The molecule has 0 aliphatic heterocycles. The number of carboxylic acids is 1. The summed E-state index contributed by atoms with van der Waals surface area (Å²) in [6.45, 7) is 0.285. The average molecular weight is 255 g/mol. The summed E-state index contributed by atoms with van der Waals surface area (Å²) in [5.74, 6) is -0.587. The molecule has 98 valence electrons. The van der Waals surface area contributed by atoms with Gasteiger partial charge in [0.15, 0.2) is 0 Å². The zero-order valence-electron chi connectivity index (χ0n) is 9.75. The molecule has 8 nitrogen and oxygen atoms in total. The predicted octanol–water partition coefficient (Wildman–Crippen LogP) is 1.28. The van der Waals surface area contributed by atoms with Gasteiger partial charge in [0, 0.05) is 25.1 Å². The van der Waals surface area contributed by atoms with Gasteiger partial charge in [-0.15, -0.1) is 0 Å². The van der Waals surface area contributed by atoms with Gasteiger partial charge >= 0.3 is 11.7 Å². The van der Waals surface area contributed by atoms with Crippen molar-refractivity contribution in [1.29, 1.82) is 0 Å². The topological polar surface area (TPSA) is 115 Å². The summed E-state index contributed by atoms with van der Waals surface area (Å²) in [6, 6.07) is 2.67. The fourth-order valence-electron chi connectivity index (χ4n) is 1.27. The third kappa shape index (κ3) is 3.89. The van der Waals surface area contributed by atoms with Gasteiger partial charge in [0.2, 0.25) is 11.7 Å². The van der Waals surface area contributed by atoms with Crippen LogP contribution in [0.2, 0.25) is 0 Å². The maximum Gasteiger partial charge on any atom is 0.311 e. The van der Waals surface area contributed by atoms with E-state index < -0.39 is 10.9 Å². The molecular weight excluding hydrogens is 242 g/mol. The van der Waals surface area contributed by atoms with Crippen LogP contribution in [0.25, 0.3) is 0 Å². The smallest absolute Gasteiger partial charge is 0.311 e. The van der Waals surface area contributed by atoms with Crippen molar-refractivity contribution in [3.05, 3.63) is 22.2 Å². The van der Waals surface area contributed by atoms with E-state index >= 15 is 0 Å². The molecule has 0 atom stereocenters. The second-order valence-electron chi connectivity index (χ2n) is 3.40. The van der Waals surface area contributed by atoms with Gasteiger partial charge in [0.1, 0.15) is 0 Å². The standard InChI is InChI=1S/C10H13N3O5/c1-18-8-5-4-7(13(16)17)10(12-8)11-6-2-3-9(14)15/h4-5H,2-3,6H2,1H3,(H,11,12)(H,14,15). The Labute approximate surface area is 103 Å². The maximum atomic E-state index is 10.8. The Bertz CT molecular complexity index is 449. The van der Waals surface area contributed by atoms with Crippen molar-refractivity contribution in [3.63, 3.8) is 0 Å². The summed E-state index contributed by atoms with van der Waals surface area (Å²) in [5, 5.41) is 21.9. The van der Waals surface area contributed by atoms with Crippen LogP contribution in [-0.4, -0.2) is 34.6 Å². The van der Waals surface area contributed by atoms with E-state index in [1.54, 1.807) is 0 Å². The van der Waals surface area contributed by atoms with E-state index in [0.717, 1.165) is 0 Å². The summed E-state index contributed by atoms with van der Waals surface area (Å²) in [6.07, 6.45) is 0.343. The number of carbonyl (C=O) groups is 1. The Balaban J connectivity index is 2.71. The molecule has 0 fully saturated rings. The van der Waals surface area contributed by atoms with Crippen LogP contribution in [0.3, 0.4) is 0 Å². The summed E-state index contributed by atoms with van der Waals surface area (Å²) < 4.78 is 4.87. The second-order valence-corrected chi connectivity index (χ2v) is 3.40. The molecule has 1 rings (SSSR count). The first-order chi connectivity index (χ1) is 8.54. The van der Waals surface area contributed by atoms with Crippen molar-refractivity contribution in [1.82, 2.24) is 4.98 Å². The van der Waals surface area contributed by atoms with Crippen molar-refractivity contribution < 1.29 is 19.6 Å². The molecule has 8 heteroatoms. The number of nitro groups is 1. The van der Waals surface area contributed by atoms with Gasteiger partial charge in [-0.1, -0.05) is 0 Å². The molecule has 1 aromatic rings. The maximum absolute atomic E-state index is 10.8. The zero-order valence-corrected chi connectivity index (χ0v) is 9.75. The van der Waals surface area contributed by atoms with Gasteiger partial charge in [-0.3, -0.25) is 14.9 Å². The van der Waals surface area contributed by atoms with E-state index in [2.05, 4.69) is 10.3 Å². The molecule has 0 saturated carbocycles. The number of pyridine rings is 1. The molecule has 0 aliphatic rings. The van der Waals surface area contributed by atoms with Gasteiger partial charge in [0.05, 0.1) is 12.0 Å².